The van der Waals surface area contributed by atoms with Crippen LogP contribution in [0.25, 0.3) is 0 Å². The summed E-state index contributed by atoms with van der Waals surface area (Å²) in [7, 11) is 1.21. The predicted molar refractivity (Wildman–Crippen MR) is 354 cm³/mol. The van der Waals surface area contributed by atoms with Crippen LogP contribution in [0.15, 0.2) is 12.2 Å². The second-order valence-corrected chi connectivity index (χ2v) is 27.9. The largest absolute Gasteiger partial charge is 0.756 e. The zero-order chi connectivity index (χ0) is 60.0. The number of phosphoric acid groups is 1. The van der Waals surface area contributed by atoms with Crippen molar-refractivity contribution in [3.8, 4) is 0 Å². The van der Waals surface area contributed by atoms with E-state index < -0.39 is 20.0 Å². The van der Waals surface area contributed by atoms with Crippen LogP contribution in [-0.2, 0) is 27.9 Å². The molecule has 1 amide bonds. The molecule has 9 nitrogen and oxygen atoms in total. The standard InChI is InChI=1S/C72H143N2O7P/c1-7-10-13-16-19-22-25-28-30-32-33-34-35-36-37-38-39-40-41-42-44-47-50-53-56-59-62-65-72(76)81-70(63-60-57-54-51-48-45-27-24-21-18-15-12-9-3)69(68-80-82(77,78)79-67-66-74(4,5)6)73-71(75)64-61-58-55-52-49-46-43-31-29-26-23-20-17-14-11-8-2/h60,63,69-70H,7-59,61-62,64-68H2,1-6H3,(H-,73,75,77,78)/b63-60-. The minimum absolute atomic E-state index is 0.0164. The van der Waals surface area contributed by atoms with E-state index in [2.05, 4.69) is 26.1 Å². The maximum absolute atomic E-state index is 13.6. The van der Waals surface area contributed by atoms with Gasteiger partial charge in [-0.15, -0.1) is 0 Å². The molecule has 0 rings (SSSR count). The first-order valence-electron chi connectivity index (χ1n) is 36.5. The molecular weight excluding hydrogens is 1040 g/mol. The zero-order valence-corrected chi connectivity index (χ0v) is 56.9. The number of hydrogen-bond donors (Lipinski definition) is 1. The summed E-state index contributed by atoms with van der Waals surface area (Å²) < 4.78 is 30.5. The first-order valence-corrected chi connectivity index (χ1v) is 38.0. The molecule has 0 bridgehead atoms. The van der Waals surface area contributed by atoms with E-state index in [4.69, 9.17) is 13.8 Å². The molecule has 0 aliphatic carbocycles. The molecule has 0 aromatic heterocycles. The van der Waals surface area contributed by atoms with Gasteiger partial charge in [0.1, 0.15) is 19.3 Å². The van der Waals surface area contributed by atoms with E-state index in [9.17, 15) is 19.0 Å². The average molecular weight is 1180 g/mol. The minimum Gasteiger partial charge on any atom is -0.756 e. The normalized spacial score (nSPS) is 13.5. The first kappa shape index (κ1) is 80.8. The van der Waals surface area contributed by atoms with Crippen molar-refractivity contribution >= 4 is 19.7 Å². The van der Waals surface area contributed by atoms with Crippen LogP contribution in [-0.4, -0.2) is 69.4 Å². The Kier molecular flexibility index (Phi) is 61.8. The smallest absolute Gasteiger partial charge is 0.306 e. The molecule has 0 radical (unpaired) electrons. The van der Waals surface area contributed by atoms with Gasteiger partial charge in [0.2, 0.25) is 5.91 Å². The number of ether oxygens (including phenoxy) is 1. The average Bonchev–Trinajstić information content (AvgIpc) is 3.45. The lowest BCUT2D eigenvalue weighted by atomic mass is 10.0. The number of allylic oxidation sites excluding steroid dienone is 1. The van der Waals surface area contributed by atoms with Gasteiger partial charge in [0.05, 0.1) is 33.8 Å². The van der Waals surface area contributed by atoms with E-state index in [1.54, 1.807) is 0 Å². The van der Waals surface area contributed by atoms with Crippen molar-refractivity contribution in [3.63, 3.8) is 0 Å². The van der Waals surface area contributed by atoms with Gasteiger partial charge in [-0.05, 0) is 31.8 Å². The van der Waals surface area contributed by atoms with E-state index in [1.165, 1.54) is 295 Å². The number of unbranched alkanes of at least 4 members (excludes halogenated alkanes) is 52. The topological polar surface area (TPSA) is 114 Å². The van der Waals surface area contributed by atoms with Gasteiger partial charge in [-0.3, -0.25) is 14.2 Å². The minimum atomic E-state index is -4.70. The Labute approximate surface area is 511 Å². The highest BCUT2D eigenvalue weighted by Crippen LogP contribution is 2.38. The van der Waals surface area contributed by atoms with E-state index >= 15 is 0 Å². The fraction of sp³-hybridized carbons (Fsp3) is 0.944. The Balaban J connectivity index is 4.96. The molecule has 0 saturated heterocycles. The highest BCUT2D eigenvalue weighted by molar-refractivity contribution is 7.45. The van der Waals surface area contributed by atoms with Crippen LogP contribution < -0.4 is 10.2 Å². The first-order chi connectivity index (χ1) is 39.9. The maximum Gasteiger partial charge on any atom is 0.306 e. The van der Waals surface area contributed by atoms with Gasteiger partial charge in [-0.2, -0.15) is 0 Å². The van der Waals surface area contributed by atoms with Crippen molar-refractivity contribution < 1.29 is 37.3 Å². The van der Waals surface area contributed by atoms with E-state index in [1.807, 2.05) is 33.3 Å². The highest BCUT2D eigenvalue weighted by atomic mass is 31.2. The number of quaternary nitrogens is 1. The Hall–Kier alpha value is -1.25. The van der Waals surface area contributed by atoms with Crippen molar-refractivity contribution in [1.29, 1.82) is 0 Å². The van der Waals surface area contributed by atoms with Crippen LogP contribution >= 0.6 is 7.82 Å². The third-order valence-corrected chi connectivity index (χ3v) is 17.9. The second kappa shape index (κ2) is 62.8. The van der Waals surface area contributed by atoms with Crippen LogP contribution in [0.4, 0.5) is 0 Å². The molecule has 0 saturated carbocycles. The molecule has 0 fully saturated rings. The summed E-state index contributed by atoms with van der Waals surface area (Å²) in [6, 6.07) is -0.880. The van der Waals surface area contributed by atoms with Crippen molar-refractivity contribution in [2.24, 2.45) is 0 Å². The summed E-state index contributed by atoms with van der Waals surface area (Å²) in [5.41, 5.74) is 0. The molecule has 3 unspecified atom stereocenters. The van der Waals surface area contributed by atoms with Gasteiger partial charge in [-0.25, -0.2) is 0 Å². The summed E-state index contributed by atoms with van der Waals surface area (Å²) in [6.07, 6.45) is 74.9. The predicted octanol–water partition coefficient (Wildman–Crippen LogP) is 22.4. The number of amides is 1. The fourth-order valence-corrected chi connectivity index (χ4v) is 12.1. The second-order valence-electron chi connectivity index (χ2n) is 26.5. The molecule has 488 valence electrons. The molecule has 10 heteroatoms. The Morgan fingerprint density at radius 1 is 0.415 bits per heavy atom. The number of carbonyl (C=O) groups excluding carboxylic acids is 2. The van der Waals surface area contributed by atoms with Crippen LogP contribution in [0.2, 0.25) is 0 Å². The highest BCUT2D eigenvalue weighted by Gasteiger charge is 2.27. The number of hydrogen-bond acceptors (Lipinski definition) is 7. The lowest BCUT2D eigenvalue weighted by molar-refractivity contribution is -0.870. The molecule has 0 spiro atoms. The van der Waals surface area contributed by atoms with Crippen molar-refractivity contribution in [3.05, 3.63) is 12.2 Å². The Morgan fingerprint density at radius 3 is 1.00 bits per heavy atom. The van der Waals surface area contributed by atoms with Gasteiger partial charge in [0, 0.05) is 12.8 Å². The van der Waals surface area contributed by atoms with Gasteiger partial charge in [0.25, 0.3) is 7.82 Å². The molecule has 82 heavy (non-hydrogen) atoms. The Bertz CT molecular complexity index is 1410. The van der Waals surface area contributed by atoms with Gasteiger partial charge in [-0.1, -0.05) is 354 Å². The summed E-state index contributed by atoms with van der Waals surface area (Å²) in [5, 5.41) is 3.05. The number of esters is 1. The Morgan fingerprint density at radius 2 is 0.695 bits per heavy atom. The van der Waals surface area contributed by atoms with E-state index in [-0.39, 0.29) is 31.5 Å². The third-order valence-electron chi connectivity index (χ3n) is 17.0. The van der Waals surface area contributed by atoms with E-state index in [0.29, 0.717) is 17.4 Å². The number of carbonyl (C=O) groups is 2. The number of phosphoric ester groups is 1. The third kappa shape index (κ3) is 63.3. The molecule has 0 aromatic rings. The van der Waals surface area contributed by atoms with Gasteiger partial charge >= 0.3 is 5.97 Å². The van der Waals surface area contributed by atoms with Crippen LogP contribution in [0.3, 0.4) is 0 Å². The van der Waals surface area contributed by atoms with Crippen molar-refractivity contribution in [2.75, 3.05) is 40.9 Å². The molecule has 0 aliphatic heterocycles. The summed E-state index contributed by atoms with van der Waals surface area (Å²) >= 11 is 0. The number of rotatable bonds is 68. The molecule has 0 heterocycles. The van der Waals surface area contributed by atoms with Crippen LogP contribution in [0, 0.1) is 0 Å². The van der Waals surface area contributed by atoms with Gasteiger partial charge < -0.3 is 28.5 Å². The molecular formula is C72H143N2O7P. The van der Waals surface area contributed by atoms with Gasteiger partial charge in [0.15, 0.2) is 0 Å². The zero-order valence-electron chi connectivity index (χ0n) is 56.0. The summed E-state index contributed by atoms with van der Waals surface area (Å²) in [6.45, 7) is 6.93. The lowest BCUT2D eigenvalue weighted by Crippen LogP contribution is -2.47. The summed E-state index contributed by atoms with van der Waals surface area (Å²) in [5.74, 6) is -0.512. The quantitative estimate of drug-likeness (QED) is 0.0212. The SMILES string of the molecule is CCCCCCCCCCCCC/C=C\C(OC(=O)CCCCCCCCCCCCCCCCCCCCCCCCCCCCC)C(COP(=O)([O-])OCC[N+](C)(C)C)NC(=O)CCCCCCCCCCCCCCCCCC. The number of nitrogens with one attached hydrogen (secondary N) is 1. The molecule has 0 aliphatic rings. The number of likely N-dealkylation sites (N-methyl/N-ethyl adjacent to an activating group) is 1. The summed E-state index contributed by atoms with van der Waals surface area (Å²) in [4.78, 5) is 40.2. The van der Waals surface area contributed by atoms with Crippen LogP contribution in [0.1, 0.15) is 387 Å². The number of nitrogens with zero attached hydrogens (tertiary/aromatic N) is 1. The molecule has 1 N–H and O–H groups in total. The van der Waals surface area contributed by atoms with Crippen LogP contribution in [0.5, 0.6) is 0 Å². The monoisotopic (exact) mass is 1180 g/mol. The molecule has 0 aromatic carbocycles. The van der Waals surface area contributed by atoms with E-state index in [0.717, 1.165) is 57.8 Å². The maximum atomic E-state index is 13.6. The van der Waals surface area contributed by atoms with Crippen molar-refractivity contribution in [1.82, 2.24) is 5.32 Å². The van der Waals surface area contributed by atoms with Crippen molar-refractivity contribution in [2.45, 2.75) is 399 Å². The fourth-order valence-electron chi connectivity index (χ4n) is 11.4. The lowest BCUT2D eigenvalue weighted by Gasteiger charge is -2.30. The molecule has 3 atom stereocenters.